The minimum atomic E-state index is -0.427. The monoisotopic (exact) mass is 452 g/mol. The second kappa shape index (κ2) is 10.0. The van der Waals surface area contributed by atoms with Gasteiger partial charge in [-0.15, -0.1) is 11.8 Å². The number of aromatic nitrogens is 1. The lowest BCUT2D eigenvalue weighted by Gasteiger charge is -2.03. The van der Waals surface area contributed by atoms with Crippen LogP contribution in [0.2, 0.25) is 5.02 Å². The van der Waals surface area contributed by atoms with Gasteiger partial charge in [-0.05, 0) is 54.6 Å². The quantitative estimate of drug-likeness (QED) is 0.297. The Morgan fingerprint density at radius 1 is 1.24 bits per heavy atom. The molecule has 9 heteroatoms. The Morgan fingerprint density at radius 3 is 2.72 bits per heavy atom. The first-order chi connectivity index (χ1) is 14.0. The second-order valence-corrected chi connectivity index (χ2v) is 8.68. The third-order valence-electron chi connectivity index (χ3n) is 4.00. The lowest BCUT2D eigenvalue weighted by molar-refractivity contribution is -0.141. The first-order valence-electron chi connectivity index (χ1n) is 8.78. The summed E-state index contributed by atoms with van der Waals surface area (Å²) in [6.45, 7) is -0.0370. The largest absolute Gasteiger partial charge is 0.468 e. The predicted molar refractivity (Wildman–Crippen MR) is 114 cm³/mol. The van der Waals surface area contributed by atoms with Gasteiger partial charge >= 0.3 is 5.97 Å². The lowest BCUT2D eigenvalue weighted by Crippen LogP contribution is -2.22. The first kappa shape index (κ1) is 21.5. The summed E-state index contributed by atoms with van der Waals surface area (Å²) in [7, 11) is 1.31. The van der Waals surface area contributed by atoms with Crippen molar-refractivity contribution in [1.29, 1.82) is 0 Å². The number of fused-ring (bicyclic) bond motifs is 1. The molecule has 29 heavy (non-hydrogen) atoms. The van der Waals surface area contributed by atoms with Crippen LogP contribution in [-0.4, -0.2) is 29.3 Å². The zero-order valence-corrected chi connectivity index (χ0v) is 18.0. The summed E-state index contributed by atoms with van der Waals surface area (Å²) in [4.78, 5) is 29.7. The van der Waals surface area contributed by atoms with E-state index in [0.29, 0.717) is 16.2 Å². The minimum Gasteiger partial charge on any atom is -0.468 e. The Morgan fingerprint density at radius 2 is 2.00 bits per heavy atom. The standard InChI is InChI=1S/C20H18ClFN2O3S2/c1-27-19(26)12-24-16-9-4-13(21)11-17(16)29-20(24)23-18(25)3-2-10-28-15-7-5-14(22)6-8-15/h4-9,11H,2-3,10,12H2,1H3. The van der Waals surface area contributed by atoms with E-state index in [9.17, 15) is 14.0 Å². The molecule has 3 aromatic rings. The van der Waals surface area contributed by atoms with Gasteiger partial charge in [0, 0.05) is 16.3 Å². The fourth-order valence-corrected chi connectivity index (χ4v) is 4.76. The van der Waals surface area contributed by atoms with Crippen LogP contribution < -0.4 is 4.80 Å². The third kappa shape index (κ3) is 5.91. The molecule has 2 aromatic carbocycles. The number of nitrogens with zero attached hydrogens (tertiary/aromatic N) is 2. The van der Waals surface area contributed by atoms with Gasteiger partial charge in [-0.2, -0.15) is 4.99 Å². The molecule has 5 nitrogen and oxygen atoms in total. The number of hydrogen-bond acceptors (Lipinski definition) is 5. The molecule has 0 saturated carbocycles. The van der Waals surface area contributed by atoms with Crippen molar-refractivity contribution >= 4 is 56.8 Å². The number of ether oxygens (including phenoxy) is 1. The molecule has 0 spiro atoms. The van der Waals surface area contributed by atoms with Crippen LogP contribution in [0.3, 0.4) is 0 Å². The summed E-state index contributed by atoms with van der Waals surface area (Å²) < 4.78 is 20.2. The van der Waals surface area contributed by atoms with E-state index < -0.39 is 5.97 Å². The summed E-state index contributed by atoms with van der Waals surface area (Å²) in [5.41, 5.74) is 0.767. The molecular weight excluding hydrogens is 435 g/mol. The van der Waals surface area contributed by atoms with E-state index in [-0.39, 0.29) is 24.7 Å². The molecule has 152 valence electrons. The molecule has 0 unspecified atom stereocenters. The van der Waals surface area contributed by atoms with E-state index in [4.69, 9.17) is 16.3 Å². The van der Waals surface area contributed by atoms with Gasteiger partial charge in [-0.1, -0.05) is 22.9 Å². The highest BCUT2D eigenvalue weighted by Crippen LogP contribution is 2.22. The number of benzene rings is 2. The van der Waals surface area contributed by atoms with Gasteiger partial charge in [-0.3, -0.25) is 9.59 Å². The normalized spacial score (nSPS) is 11.8. The molecule has 0 aliphatic heterocycles. The van der Waals surface area contributed by atoms with E-state index in [1.54, 1.807) is 46.7 Å². The first-order valence-corrected chi connectivity index (χ1v) is 11.0. The van der Waals surface area contributed by atoms with Gasteiger partial charge in [0.2, 0.25) is 5.91 Å². The van der Waals surface area contributed by atoms with Gasteiger partial charge in [0.15, 0.2) is 4.80 Å². The number of methoxy groups -OCH3 is 1. The third-order valence-corrected chi connectivity index (χ3v) is 6.37. The Labute approximate surface area is 180 Å². The van der Waals surface area contributed by atoms with Crippen molar-refractivity contribution in [3.8, 4) is 0 Å². The zero-order valence-electron chi connectivity index (χ0n) is 15.6. The van der Waals surface area contributed by atoms with Gasteiger partial charge in [-0.25, -0.2) is 4.39 Å². The predicted octanol–water partition coefficient (Wildman–Crippen LogP) is 4.67. The second-order valence-electron chi connectivity index (χ2n) is 6.07. The van der Waals surface area contributed by atoms with Crippen molar-refractivity contribution in [3.63, 3.8) is 0 Å². The summed E-state index contributed by atoms with van der Waals surface area (Å²) in [5.74, 6) is -0.240. The summed E-state index contributed by atoms with van der Waals surface area (Å²) in [5, 5.41) is 0.569. The highest BCUT2D eigenvalue weighted by Gasteiger charge is 2.12. The van der Waals surface area contributed by atoms with Crippen LogP contribution in [0.4, 0.5) is 4.39 Å². The number of carbonyl (C=O) groups excluding carboxylic acids is 2. The van der Waals surface area contributed by atoms with E-state index >= 15 is 0 Å². The van der Waals surface area contributed by atoms with E-state index in [0.717, 1.165) is 20.9 Å². The fourth-order valence-electron chi connectivity index (χ4n) is 2.59. The maximum atomic E-state index is 12.9. The molecule has 0 atom stereocenters. The maximum absolute atomic E-state index is 12.9. The van der Waals surface area contributed by atoms with Gasteiger partial charge in [0.25, 0.3) is 0 Å². The Kier molecular flexibility index (Phi) is 7.46. The van der Waals surface area contributed by atoms with Crippen LogP contribution in [0.1, 0.15) is 12.8 Å². The van der Waals surface area contributed by atoms with Crippen molar-refractivity contribution in [2.75, 3.05) is 12.9 Å². The Bertz CT molecular complexity index is 1090. The van der Waals surface area contributed by atoms with Crippen molar-refractivity contribution in [2.45, 2.75) is 24.3 Å². The van der Waals surface area contributed by atoms with Crippen molar-refractivity contribution in [1.82, 2.24) is 4.57 Å². The molecule has 0 aliphatic rings. The van der Waals surface area contributed by atoms with Crippen LogP contribution in [-0.2, 0) is 20.9 Å². The Balaban J connectivity index is 1.70. The van der Waals surface area contributed by atoms with Crippen LogP contribution >= 0.6 is 34.7 Å². The molecule has 0 bridgehead atoms. The highest BCUT2D eigenvalue weighted by atomic mass is 35.5. The van der Waals surface area contributed by atoms with E-state index in [1.165, 1.54) is 30.6 Å². The van der Waals surface area contributed by atoms with Crippen molar-refractivity contribution < 1.29 is 18.7 Å². The summed E-state index contributed by atoms with van der Waals surface area (Å²) >= 11 is 8.90. The molecule has 3 rings (SSSR count). The summed E-state index contributed by atoms with van der Waals surface area (Å²) in [6, 6.07) is 11.5. The molecule has 0 saturated heterocycles. The fraction of sp³-hybridized carbons (Fsp3) is 0.250. The molecule has 0 aliphatic carbocycles. The topological polar surface area (TPSA) is 60.7 Å². The molecule has 0 N–H and O–H groups in total. The lowest BCUT2D eigenvalue weighted by atomic mass is 10.3. The van der Waals surface area contributed by atoms with Gasteiger partial charge in [0.1, 0.15) is 12.4 Å². The Hall–Kier alpha value is -2.16. The van der Waals surface area contributed by atoms with E-state index in [2.05, 4.69) is 4.99 Å². The van der Waals surface area contributed by atoms with Gasteiger partial charge in [0.05, 0.1) is 17.3 Å². The van der Waals surface area contributed by atoms with Crippen molar-refractivity contribution in [2.24, 2.45) is 4.99 Å². The molecule has 1 amide bonds. The number of thiazole rings is 1. The van der Waals surface area contributed by atoms with Crippen LogP contribution in [0, 0.1) is 5.82 Å². The molecule has 1 aromatic heterocycles. The zero-order chi connectivity index (χ0) is 20.8. The SMILES string of the molecule is COC(=O)Cn1c(=NC(=O)CCCSc2ccc(F)cc2)sc2cc(Cl)ccc21. The average Bonchev–Trinajstić information content (AvgIpc) is 3.02. The van der Waals surface area contributed by atoms with E-state index in [1.807, 2.05) is 0 Å². The number of halogens is 2. The smallest absolute Gasteiger partial charge is 0.325 e. The number of hydrogen-bond donors (Lipinski definition) is 0. The number of carbonyl (C=O) groups is 2. The average molecular weight is 453 g/mol. The molecule has 1 heterocycles. The minimum absolute atomic E-state index is 0.0370. The van der Waals surface area contributed by atoms with Crippen LogP contribution in [0.5, 0.6) is 0 Å². The number of thioether (sulfide) groups is 1. The highest BCUT2D eigenvalue weighted by molar-refractivity contribution is 7.99. The number of amides is 1. The van der Waals surface area contributed by atoms with Crippen LogP contribution in [0.25, 0.3) is 10.2 Å². The van der Waals surface area contributed by atoms with Crippen LogP contribution in [0.15, 0.2) is 52.4 Å². The van der Waals surface area contributed by atoms with Crippen molar-refractivity contribution in [3.05, 3.63) is 58.1 Å². The molecule has 0 fully saturated rings. The number of esters is 1. The van der Waals surface area contributed by atoms with Gasteiger partial charge < -0.3 is 9.30 Å². The summed E-state index contributed by atoms with van der Waals surface area (Å²) in [6.07, 6.45) is 0.916. The number of rotatable bonds is 7. The molecular formula is C20H18ClFN2O3S2. The molecule has 0 radical (unpaired) electrons. The maximum Gasteiger partial charge on any atom is 0.325 e.